The maximum atomic E-state index is 13.0. The first-order chi connectivity index (χ1) is 15.2. The van der Waals surface area contributed by atoms with E-state index in [0.29, 0.717) is 44.6 Å². The van der Waals surface area contributed by atoms with Crippen LogP contribution >= 0.6 is 11.6 Å². The van der Waals surface area contributed by atoms with Crippen molar-refractivity contribution in [3.05, 3.63) is 22.7 Å². The number of ether oxygens (including phenoxy) is 3. The molecule has 0 bridgehead atoms. The highest BCUT2D eigenvalue weighted by Crippen LogP contribution is 2.37. The molecule has 3 rings (SSSR count). The van der Waals surface area contributed by atoms with E-state index in [-0.39, 0.29) is 53.1 Å². The second-order valence-corrected chi connectivity index (χ2v) is 8.72. The van der Waals surface area contributed by atoms with Gasteiger partial charge in [-0.05, 0) is 38.8 Å². The summed E-state index contributed by atoms with van der Waals surface area (Å²) in [6, 6.07) is 3.01. The fraction of sp³-hybridized carbons (Fsp3) is 0.591. The highest BCUT2D eigenvalue weighted by atomic mass is 35.5. The second-order valence-electron chi connectivity index (χ2n) is 8.31. The van der Waals surface area contributed by atoms with E-state index in [0.717, 1.165) is 0 Å². The minimum atomic E-state index is -0.651. The molecule has 32 heavy (non-hydrogen) atoms. The van der Waals surface area contributed by atoms with Gasteiger partial charge in [-0.3, -0.25) is 14.4 Å². The van der Waals surface area contributed by atoms with E-state index in [2.05, 4.69) is 0 Å². The summed E-state index contributed by atoms with van der Waals surface area (Å²) < 4.78 is 16.3. The number of carbonyl (C=O) groups excluding carboxylic acids is 3. The molecule has 3 amide bonds. The molecule has 2 saturated heterocycles. The average Bonchev–Trinajstić information content (AvgIpc) is 2.76. The van der Waals surface area contributed by atoms with E-state index in [1.54, 1.807) is 4.90 Å². The van der Waals surface area contributed by atoms with Crippen LogP contribution in [-0.2, 0) is 14.3 Å². The van der Waals surface area contributed by atoms with Crippen LogP contribution in [0.1, 0.15) is 37.0 Å². The smallest absolute Gasteiger partial charge is 0.255 e. The fourth-order valence-corrected chi connectivity index (χ4v) is 4.52. The molecular weight excluding hydrogens is 438 g/mol. The number of amides is 3. The lowest BCUT2D eigenvalue weighted by Crippen LogP contribution is -2.51. The minimum Gasteiger partial charge on any atom is -0.493 e. The van der Waals surface area contributed by atoms with E-state index in [1.807, 2.05) is 18.7 Å². The van der Waals surface area contributed by atoms with Crippen molar-refractivity contribution >= 4 is 29.3 Å². The van der Waals surface area contributed by atoms with Crippen molar-refractivity contribution in [2.24, 2.45) is 11.7 Å². The molecule has 10 heteroatoms. The third-order valence-corrected chi connectivity index (χ3v) is 5.98. The van der Waals surface area contributed by atoms with E-state index in [9.17, 15) is 14.4 Å². The first-order valence-electron chi connectivity index (χ1n) is 10.7. The van der Waals surface area contributed by atoms with Crippen LogP contribution < -0.4 is 15.2 Å². The summed E-state index contributed by atoms with van der Waals surface area (Å²) in [5.74, 6) is -0.419. The van der Waals surface area contributed by atoms with Gasteiger partial charge in [0.1, 0.15) is 0 Å². The molecule has 9 nitrogen and oxygen atoms in total. The van der Waals surface area contributed by atoms with Gasteiger partial charge >= 0.3 is 0 Å². The van der Waals surface area contributed by atoms with Crippen LogP contribution in [0.5, 0.6) is 11.5 Å². The van der Waals surface area contributed by atoms with Gasteiger partial charge in [-0.1, -0.05) is 11.6 Å². The molecule has 176 valence electrons. The van der Waals surface area contributed by atoms with E-state index >= 15 is 0 Å². The molecule has 1 aromatic carbocycles. The molecule has 1 aromatic rings. The van der Waals surface area contributed by atoms with Crippen LogP contribution in [0.2, 0.25) is 5.02 Å². The summed E-state index contributed by atoms with van der Waals surface area (Å²) >= 11 is 6.27. The zero-order valence-corrected chi connectivity index (χ0v) is 19.4. The summed E-state index contributed by atoms with van der Waals surface area (Å²) in [5.41, 5.74) is 5.46. The number of hydrogen-bond acceptors (Lipinski definition) is 6. The van der Waals surface area contributed by atoms with Gasteiger partial charge < -0.3 is 29.7 Å². The number of nitrogens with two attached hydrogens (primary N) is 1. The zero-order valence-electron chi connectivity index (χ0n) is 18.6. The third-order valence-electron chi connectivity index (χ3n) is 5.70. The van der Waals surface area contributed by atoms with Crippen molar-refractivity contribution in [3.63, 3.8) is 0 Å². The van der Waals surface area contributed by atoms with Crippen LogP contribution in [0.4, 0.5) is 0 Å². The largest absolute Gasteiger partial charge is 0.493 e. The van der Waals surface area contributed by atoms with Crippen molar-refractivity contribution in [2.75, 3.05) is 39.9 Å². The van der Waals surface area contributed by atoms with Gasteiger partial charge in [-0.25, -0.2) is 0 Å². The van der Waals surface area contributed by atoms with Gasteiger partial charge in [-0.15, -0.1) is 0 Å². The molecule has 0 saturated carbocycles. The van der Waals surface area contributed by atoms with Crippen LogP contribution in [0, 0.1) is 5.92 Å². The van der Waals surface area contributed by atoms with Gasteiger partial charge in [0.25, 0.3) is 11.8 Å². The molecule has 2 fully saturated rings. The molecule has 0 aliphatic carbocycles. The molecule has 2 N–H and O–H groups in total. The van der Waals surface area contributed by atoms with Gasteiger partial charge in [0.2, 0.25) is 5.91 Å². The number of likely N-dealkylation sites (tertiary alicyclic amines) is 1. The number of primary amides is 1. The summed E-state index contributed by atoms with van der Waals surface area (Å²) in [6.07, 6.45) is 1.27. The first kappa shape index (κ1) is 24.1. The molecule has 2 aliphatic heterocycles. The average molecular weight is 468 g/mol. The normalized spacial score (nSPS) is 21.9. The fourth-order valence-electron chi connectivity index (χ4n) is 4.25. The Hall–Kier alpha value is -2.52. The number of methoxy groups -OCH3 is 1. The van der Waals surface area contributed by atoms with Crippen molar-refractivity contribution < 1.29 is 28.6 Å². The zero-order chi connectivity index (χ0) is 23.4. The predicted octanol–water partition coefficient (Wildman–Crippen LogP) is 1.70. The number of hydrogen-bond donors (Lipinski definition) is 1. The lowest BCUT2D eigenvalue weighted by Gasteiger charge is -2.39. The maximum absolute atomic E-state index is 13.0. The van der Waals surface area contributed by atoms with Crippen molar-refractivity contribution in [1.82, 2.24) is 9.80 Å². The molecule has 0 spiro atoms. The molecule has 0 unspecified atom stereocenters. The van der Waals surface area contributed by atoms with Crippen molar-refractivity contribution in [3.8, 4) is 11.5 Å². The molecule has 2 atom stereocenters. The number of nitrogens with zero attached hydrogens (tertiary/aromatic N) is 2. The van der Waals surface area contributed by atoms with E-state index < -0.39 is 5.91 Å². The summed E-state index contributed by atoms with van der Waals surface area (Å²) in [4.78, 5) is 40.6. The third kappa shape index (κ3) is 5.63. The van der Waals surface area contributed by atoms with Crippen LogP contribution in [0.15, 0.2) is 12.1 Å². The Morgan fingerprint density at radius 1 is 1.12 bits per heavy atom. The Labute approximate surface area is 192 Å². The van der Waals surface area contributed by atoms with E-state index in [4.69, 9.17) is 31.5 Å². The van der Waals surface area contributed by atoms with Crippen LogP contribution in [0.3, 0.4) is 0 Å². The molecule has 2 aliphatic rings. The lowest BCUT2D eigenvalue weighted by atomic mass is 9.94. The Bertz CT molecular complexity index is 861. The Balaban J connectivity index is 1.63. The molecular formula is C22H30ClN3O6. The van der Waals surface area contributed by atoms with Crippen LogP contribution in [0.25, 0.3) is 0 Å². The van der Waals surface area contributed by atoms with Crippen molar-refractivity contribution in [2.45, 2.75) is 38.9 Å². The summed E-state index contributed by atoms with van der Waals surface area (Å²) in [6.45, 7) is 5.75. The summed E-state index contributed by atoms with van der Waals surface area (Å²) in [7, 11) is 1.42. The second kappa shape index (κ2) is 10.4. The highest BCUT2D eigenvalue weighted by Gasteiger charge is 2.34. The van der Waals surface area contributed by atoms with Gasteiger partial charge in [-0.2, -0.15) is 0 Å². The van der Waals surface area contributed by atoms with Gasteiger partial charge in [0.15, 0.2) is 18.1 Å². The Morgan fingerprint density at radius 2 is 1.75 bits per heavy atom. The quantitative estimate of drug-likeness (QED) is 0.681. The van der Waals surface area contributed by atoms with Gasteiger partial charge in [0, 0.05) is 37.7 Å². The standard InChI is InChI=1S/C22H30ClN3O6/c1-13-10-26(11-14(2)32-13)21(28)15-4-6-25(7-5-15)22(29)16-8-17(23)20(18(9-16)30-3)31-12-19(24)27/h8-9,13-15H,4-7,10-12H2,1-3H3,(H2,24,27)/t13-,14+. The van der Waals surface area contributed by atoms with E-state index in [1.165, 1.54) is 19.2 Å². The Kier molecular flexibility index (Phi) is 7.84. The minimum absolute atomic E-state index is 0.0269. The molecule has 0 aromatic heterocycles. The monoisotopic (exact) mass is 467 g/mol. The first-order valence-corrected chi connectivity index (χ1v) is 11.1. The maximum Gasteiger partial charge on any atom is 0.255 e. The lowest BCUT2D eigenvalue weighted by molar-refractivity contribution is -0.148. The molecule has 0 radical (unpaired) electrons. The topological polar surface area (TPSA) is 111 Å². The number of rotatable bonds is 6. The number of piperidine rings is 1. The van der Waals surface area contributed by atoms with Crippen molar-refractivity contribution in [1.29, 1.82) is 0 Å². The van der Waals surface area contributed by atoms with Crippen LogP contribution in [-0.4, -0.2) is 79.6 Å². The van der Waals surface area contributed by atoms with Gasteiger partial charge in [0.05, 0.1) is 24.3 Å². The SMILES string of the molecule is COc1cc(C(=O)N2CCC(C(=O)N3C[C@@H](C)O[C@@H](C)C3)CC2)cc(Cl)c1OCC(N)=O. The number of benzene rings is 1. The molecule has 2 heterocycles. The predicted molar refractivity (Wildman–Crippen MR) is 118 cm³/mol. The number of morpholine rings is 1. The Morgan fingerprint density at radius 3 is 2.31 bits per heavy atom. The summed E-state index contributed by atoms with van der Waals surface area (Å²) in [5, 5.41) is 0.148. The highest BCUT2D eigenvalue weighted by molar-refractivity contribution is 6.32. The number of halogens is 1. The number of carbonyl (C=O) groups is 3.